The maximum Gasteiger partial charge on any atom is 0.318 e. The van der Waals surface area contributed by atoms with E-state index in [1.807, 2.05) is 48.3 Å². The summed E-state index contributed by atoms with van der Waals surface area (Å²) in [6, 6.07) is 10.5. The molecular formula is C17H22N4O3. The summed E-state index contributed by atoms with van der Waals surface area (Å²) >= 11 is 0. The van der Waals surface area contributed by atoms with Gasteiger partial charge in [-0.15, -0.1) is 0 Å². The molecule has 0 aliphatic rings. The van der Waals surface area contributed by atoms with Crippen LogP contribution in [0.15, 0.2) is 40.9 Å². The number of rotatable bonds is 7. The molecule has 0 bridgehead atoms. The summed E-state index contributed by atoms with van der Waals surface area (Å²) in [5, 5.41) is 6.16. The van der Waals surface area contributed by atoms with Crippen molar-refractivity contribution in [1.29, 1.82) is 0 Å². The predicted molar refractivity (Wildman–Crippen MR) is 90.1 cm³/mol. The zero-order valence-corrected chi connectivity index (χ0v) is 13.9. The van der Waals surface area contributed by atoms with E-state index in [1.54, 1.807) is 6.92 Å². The van der Waals surface area contributed by atoms with E-state index < -0.39 is 18.0 Å². The SMILES string of the molecule is C[C@H](C(=O)NC(N)=O)N(C)CCCc1cc(-c2ccccc2)no1. The molecule has 0 aliphatic heterocycles. The van der Waals surface area contributed by atoms with Gasteiger partial charge in [-0.05, 0) is 26.9 Å². The smallest absolute Gasteiger partial charge is 0.318 e. The summed E-state index contributed by atoms with van der Waals surface area (Å²) in [5.74, 6) is 0.396. The lowest BCUT2D eigenvalue weighted by Crippen LogP contribution is -2.47. The molecule has 3 amide bonds. The Bertz CT molecular complexity index is 684. The number of urea groups is 1. The first-order chi connectivity index (χ1) is 11.5. The molecule has 3 N–H and O–H groups in total. The standard InChI is InChI=1S/C17H22N4O3/c1-12(16(22)19-17(18)23)21(2)10-6-9-14-11-15(20-24-14)13-7-4-3-5-8-13/h3-5,7-8,11-12H,6,9-10H2,1-2H3,(H3,18,19,22,23)/t12-/m1/s1. The molecule has 0 fully saturated rings. The number of carbonyl (C=O) groups excluding carboxylic acids is 2. The topological polar surface area (TPSA) is 101 Å². The molecule has 0 spiro atoms. The Morgan fingerprint density at radius 1 is 1.33 bits per heavy atom. The van der Waals surface area contributed by atoms with Gasteiger partial charge < -0.3 is 10.3 Å². The van der Waals surface area contributed by atoms with Crippen molar-refractivity contribution in [2.24, 2.45) is 5.73 Å². The van der Waals surface area contributed by atoms with Gasteiger partial charge >= 0.3 is 6.03 Å². The summed E-state index contributed by atoms with van der Waals surface area (Å²) in [5.41, 5.74) is 6.78. The van der Waals surface area contributed by atoms with Gasteiger partial charge in [0.25, 0.3) is 0 Å². The Hall–Kier alpha value is -2.67. The lowest BCUT2D eigenvalue weighted by atomic mass is 10.1. The van der Waals surface area contributed by atoms with E-state index in [0.29, 0.717) is 13.0 Å². The number of likely N-dealkylation sites (N-methyl/N-ethyl adjacent to an activating group) is 1. The molecule has 1 heterocycles. The van der Waals surface area contributed by atoms with E-state index in [9.17, 15) is 9.59 Å². The Morgan fingerprint density at radius 2 is 2.04 bits per heavy atom. The number of aromatic nitrogens is 1. The highest BCUT2D eigenvalue weighted by atomic mass is 16.5. The quantitative estimate of drug-likeness (QED) is 0.806. The molecule has 2 aromatic rings. The highest BCUT2D eigenvalue weighted by molar-refractivity contribution is 5.96. The van der Waals surface area contributed by atoms with Crippen LogP contribution in [0.3, 0.4) is 0 Å². The summed E-state index contributed by atoms with van der Waals surface area (Å²) in [6.07, 6.45) is 1.52. The molecule has 0 aliphatic carbocycles. The molecule has 1 aromatic carbocycles. The molecule has 7 nitrogen and oxygen atoms in total. The largest absolute Gasteiger partial charge is 0.361 e. The zero-order chi connectivity index (χ0) is 17.5. The van der Waals surface area contributed by atoms with Crippen LogP contribution in [0, 0.1) is 0 Å². The Balaban J connectivity index is 1.81. The van der Waals surface area contributed by atoms with E-state index in [0.717, 1.165) is 23.4 Å². The van der Waals surface area contributed by atoms with Gasteiger partial charge in [0.1, 0.15) is 11.5 Å². The number of nitrogens with zero attached hydrogens (tertiary/aromatic N) is 2. The van der Waals surface area contributed by atoms with Crippen LogP contribution in [-0.4, -0.2) is 41.6 Å². The first-order valence-electron chi connectivity index (χ1n) is 7.79. The average Bonchev–Trinajstić information content (AvgIpc) is 3.03. The molecule has 0 radical (unpaired) electrons. The van der Waals surface area contributed by atoms with Crippen LogP contribution in [0.2, 0.25) is 0 Å². The third-order valence-electron chi connectivity index (χ3n) is 3.85. The van der Waals surface area contributed by atoms with Crippen LogP contribution in [0.25, 0.3) is 11.3 Å². The normalized spacial score (nSPS) is 12.1. The van der Waals surface area contributed by atoms with Gasteiger partial charge in [0.05, 0.1) is 6.04 Å². The van der Waals surface area contributed by atoms with Crippen LogP contribution >= 0.6 is 0 Å². The van der Waals surface area contributed by atoms with Gasteiger partial charge in [-0.1, -0.05) is 35.5 Å². The third kappa shape index (κ3) is 4.92. The van der Waals surface area contributed by atoms with Crippen LogP contribution in [0.4, 0.5) is 4.79 Å². The summed E-state index contributed by atoms with van der Waals surface area (Å²) in [4.78, 5) is 24.3. The number of hydrogen-bond acceptors (Lipinski definition) is 5. The molecule has 0 unspecified atom stereocenters. The lowest BCUT2D eigenvalue weighted by Gasteiger charge is -2.22. The number of amides is 3. The van der Waals surface area contributed by atoms with E-state index >= 15 is 0 Å². The number of primary amides is 1. The Morgan fingerprint density at radius 3 is 2.71 bits per heavy atom. The van der Waals surface area contributed by atoms with Crippen LogP contribution in [-0.2, 0) is 11.2 Å². The minimum atomic E-state index is -0.838. The monoisotopic (exact) mass is 330 g/mol. The molecular weight excluding hydrogens is 308 g/mol. The highest BCUT2D eigenvalue weighted by Gasteiger charge is 2.18. The van der Waals surface area contributed by atoms with Crippen molar-refractivity contribution < 1.29 is 14.1 Å². The maximum absolute atomic E-state index is 11.7. The van der Waals surface area contributed by atoms with Gasteiger partial charge in [0.2, 0.25) is 5.91 Å². The van der Waals surface area contributed by atoms with Crippen molar-refractivity contribution in [3.63, 3.8) is 0 Å². The van der Waals surface area contributed by atoms with Crippen molar-refractivity contribution in [1.82, 2.24) is 15.4 Å². The van der Waals surface area contributed by atoms with E-state index in [2.05, 4.69) is 10.5 Å². The Kier molecular flexibility index (Phi) is 6.08. The summed E-state index contributed by atoms with van der Waals surface area (Å²) in [6.45, 7) is 2.40. The first-order valence-corrected chi connectivity index (χ1v) is 7.79. The second kappa shape index (κ2) is 8.26. The van der Waals surface area contributed by atoms with Crippen LogP contribution in [0.5, 0.6) is 0 Å². The minimum absolute atomic E-state index is 0.406. The fraction of sp³-hybridized carbons (Fsp3) is 0.353. The van der Waals surface area contributed by atoms with Gasteiger partial charge in [-0.3, -0.25) is 15.0 Å². The molecule has 24 heavy (non-hydrogen) atoms. The fourth-order valence-corrected chi connectivity index (χ4v) is 2.30. The van der Waals surface area contributed by atoms with Gasteiger partial charge in [-0.2, -0.15) is 0 Å². The molecule has 7 heteroatoms. The Labute approximate surface area is 140 Å². The second-order valence-corrected chi connectivity index (χ2v) is 5.66. The zero-order valence-electron chi connectivity index (χ0n) is 13.9. The number of nitrogens with two attached hydrogens (primary N) is 1. The molecule has 128 valence electrons. The summed E-state index contributed by atoms with van der Waals surface area (Å²) < 4.78 is 5.35. The second-order valence-electron chi connectivity index (χ2n) is 5.66. The average molecular weight is 330 g/mol. The van der Waals surface area contributed by atoms with Crippen molar-refractivity contribution in [3.05, 3.63) is 42.2 Å². The van der Waals surface area contributed by atoms with Crippen molar-refractivity contribution in [2.45, 2.75) is 25.8 Å². The van der Waals surface area contributed by atoms with E-state index in [4.69, 9.17) is 10.3 Å². The van der Waals surface area contributed by atoms with Crippen LogP contribution in [0.1, 0.15) is 19.1 Å². The van der Waals surface area contributed by atoms with Crippen molar-refractivity contribution in [3.8, 4) is 11.3 Å². The number of imide groups is 1. The lowest BCUT2D eigenvalue weighted by molar-refractivity contribution is -0.124. The first kappa shape index (κ1) is 17.7. The van der Waals surface area contributed by atoms with Crippen molar-refractivity contribution in [2.75, 3.05) is 13.6 Å². The third-order valence-corrected chi connectivity index (χ3v) is 3.85. The number of nitrogens with one attached hydrogen (secondary N) is 1. The van der Waals surface area contributed by atoms with E-state index in [1.165, 1.54) is 0 Å². The molecule has 1 atom stereocenters. The summed E-state index contributed by atoms with van der Waals surface area (Å²) in [7, 11) is 1.82. The predicted octanol–water partition coefficient (Wildman–Crippen LogP) is 1.79. The molecule has 1 aromatic heterocycles. The van der Waals surface area contributed by atoms with E-state index in [-0.39, 0.29) is 0 Å². The van der Waals surface area contributed by atoms with Gasteiger partial charge in [-0.25, -0.2) is 4.79 Å². The van der Waals surface area contributed by atoms with Gasteiger partial charge in [0, 0.05) is 18.1 Å². The number of carbonyl (C=O) groups is 2. The fourth-order valence-electron chi connectivity index (χ4n) is 2.30. The highest BCUT2D eigenvalue weighted by Crippen LogP contribution is 2.19. The minimum Gasteiger partial charge on any atom is -0.361 e. The molecule has 2 rings (SSSR count). The maximum atomic E-state index is 11.7. The molecule has 0 saturated carbocycles. The number of hydrogen-bond donors (Lipinski definition) is 2. The van der Waals surface area contributed by atoms with Crippen molar-refractivity contribution >= 4 is 11.9 Å². The molecule has 0 saturated heterocycles. The number of benzene rings is 1. The van der Waals surface area contributed by atoms with Crippen LogP contribution < -0.4 is 11.1 Å². The number of aryl methyl sites for hydroxylation is 1. The van der Waals surface area contributed by atoms with Gasteiger partial charge in [0.15, 0.2) is 0 Å².